The molecule has 28 heavy (non-hydrogen) atoms. The number of nitrogens with one attached hydrogen (secondary N) is 1. The van der Waals surface area contributed by atoms with Crippen LogP contribution in [0.15, 0.2) is 54.7 Å². The standard InChI is InChI=1S/C22H23FN4S/c1-4-26-21(20(25-22(26)28)19-7-5-6-12-24-19)18-13-14(2)27(15(18)3)17-10-8-16(23)9-11-17/h5-13,20-21H,4H2,1-3H3,(H,25,28)/t20-,21-/m1/s1. The molecule has 3 heterocycles. The highest BCUT2D eigenvalue weighted by Gasteiger charge is 2.40. The van der Waals surface area contributed by atoms with Crippen LogP contribution in [-0.4, -0.2) is 26.1 Å². The summed E-state index contributed by atoms with van der Waals surface area (Å²) in [6, 6.07) is 14.8. The van der Waals surface area contributed by atoms with Gasteiger partial charge < -0.3 is 14.8 Å². The number of likely N-dealkylation sites (N-methyl/N-ethyl adjacent to an activating group) is 1. The molecule has 1 fully saturated rings. The highest BCUT2D eigenvalue weighted by Crippen LogP contribution is 2.41. The molecular formula is C22H23FN4S. The predicted octanol–water partition coefficient (Wildman–Crippen LogP) is 4.62. The lowest BCUT2D eigenvalue weighted by Crippen LogP contribution is -2.29. The molecule has 2 aromatic heterocycles. The molecule has 1 aliphatic heterocycles. The molecule has 2 atom stereocenters. The Morgan fingerprint density at radius 3 is 2.54 bits per heavy atom. The zero-order chi connectivity index (χ0) is 19.8. The van der Waals surface area contributed by atoms with E-state index in [2.05, 4.69) is 46.6 Å². The Bertz CT molecular complexity index is 997. The van der Waals surface area contributed by atoms with Gasteiger partial charge in [-0.3, -0.25) is 4.98 Å². The number of nitrogens with zero attached hydrogens (tertiary/aromatic N) is 3. The van der Waals surface area contributed by atoms with Gasteiger partial charge in [-0.15, -0.1) is 0 Å². The van der Waals surface area contributed by atoms with E-state index in [0.29, 0.717) is 0 Å². The summed E-state index contributed by atoms with van der Waals surface area (Å²) in [5, 5.41) is 4.20. The fourth-order valence-corrected chi connectivity index (χ4v) is 4.53. The van der Waals surface area contributed by atoms with Crippen molar-refractivity contribution in [3.63, 3.8) is 0 Å². The Morgan fingerprint density at radius 1 is 1.14 bits per heavy atom. The van der Waals surface area contributed by atoms with Crippen LogP contribution in [0.1, 0.15) is 41.7 Å². The first kappa shape index (κ1) is 18.6. The van der Waals surface area contributed by atoms with E-state index < -0.39 is 0 Å². The van der Waals surface area contributed by atoms with Crippen molar-refractivity contribution in [3.05, 3.63) is 83.2 Å². The Hall–Kier alpha value is -2.73. The monoisotopic (exact) mass is 394 g/mol. The van der Waals surface area contributed by atoms with Gasteiger partial charge in [-0.05, 0) is 81.0 Å². The first-order valence-corrected chi connectivity index (χ1v) is 9.85. The van der Waals surface area contributed by atoms with Crippen molar-refractivity contribution >= 4 is 17.3 Å². The summed E-state index contributed by atoms with van der Waals surface area (Å²) in [6.45, 7) is 7.10. The van der Waals surface area contributed by atoms with E-state index in [-0.39, 0.29) is 17.9 Å². The van der Waals surface area contributed by atoms with Crippen LogP contribution < -0.4 is 5.32 Å². The van der Waals surface area contributed by atoms with Gasteiger partial charge in [-0.2, -0.15) is 0 Å². The number of hydrogen-bond acceptors (Lipinski definition) is 2. The Kier molecular flexibility index (Phi) is 4.89. The minimum absolute atomic E-state index is 0.0178. The smallest absolute Gasteiger partial charge is 0.170 e. The number of benzene rings is 1. The van der Waals surface area contributed by atoms with Crippen LogP contribution in [0.5, 0.6) is 0 Å². The molecule has 0 radical (unpaired) electrons. The molecule has 0 bridgehead atoms. The topological polar surface area (TPSA) is 33.1 Å². The number of thiocarbonyl (C=S) groups is 1. The van der Waals surface area contributed by atoms with Crippen LogP contribution >= 0.6 is 12.2 Å². The number of aryl methyl sites for hydroxylation is 1. The molecule has 144 valence electrons. The lowest BCUT2D eigenvalue weighted by Gasteiger charge is -2.27. The van der Waals surface area contributed by atoms with Crippen LogP contribution in [-0.2, 0) is 0 Å². The normalized spacial score (nSPS) is 19.1. The highest BCUT2D eigenvalue weighted by molar-refractivity contribution is 7.80. The molecule has 1 saturated heterocycles. The van der Waals surface area contributed by atoms with Crippen LogP contribution in [0, 0.1) is 19.7 Å². The molecule has 1 aliphatic rings. The molecule has 1 aromatic carbocycles. The third-order valence-electron chi connectivity index (χ3n) is 5.41. The second-order valence-electron chi connectivity index (χ2n) is 7.05. The van der Waals surface area contributed by atoms with Gasteiger partial charge >= 0.3 is 0 Å². The summed E-state index contributed by atoms with van der Waals surface area (Å²) in [4.78, 5) is 6.78. The highest BCUT2D eigenvalue weighted by atomic mass is 32.1. The quantitative estimate of drug-likeness (QED) is 0.655. The predicted molar refractivity (Wildman–Crippen MR) is 113 cm³/mol. The maximum absolute atomic E-state index is 13.4. The molecule has 0 unspecified atom stereocenters. The summed E-state index contributed by atoms with van der Waals surface area (Å²) in [5.74, 6) is -0.232. The first-order valence-electron chi connectivity index (χ1n) is 9.44. The molecule has 4 nitrogen and oxygen atoms in total. The van der Waals surface area contributed by atoms with Crippen molar-refractivity contribution in [2.45, 2.75) is 32.9 Å². The lowest BCUT2D eigenvalue weighted by molar-refractivity contribution is 0.329. The average Bonchev–Trinajstić information content (AvgIpc) is 3.18. The third kappa shape index (κ3) is 3.07. The second kappa shape index (κ2) is 7.36. The molecule has 0 saturated carbocycles. The molecule has 6 heteroatoms. The fourth-order valence-electron chi connectivity index (χ4n) is 4.16. The Morgan fingerprint density at radius 2 is 1.89 bits per heavy atom. The first-order chi connectivity index (χ1) is 13.5. The van der Waals surface area contributed by atoms with Crippen molar-refractivity contribution in [2.75, 3.05) is 6.54 Å². The van der Waals surface area contributed by atoms with E-state index in [1.165, 1.54) is 17.7 Å². The minimum atomic E-state index is -0.232. The Labute approximate surface area is 170 Å². The Balaban J connectivity index is 1.82. The van der Waals surface area contributed by atoms with Gasteiger partial charge in [0, 0.05) is 29.8 Å². The van der Waals surface area contributed by atoms with E-state index in [4.69, 9.17) is 12.2 Å². The third-order valence-corrected chi connectivity index (χ3v) is 5.76. The molecule has 1 N–H and O–H groups in total. The number of halogens is 1. The molecular weight excluding hydrogens is 371 g/mol. The van der Waals surface area contributed by atoms with Crippen molar-refractivity contribution in [1.82, 2.24) is 19.8 Å². The molecule has 3 aromatic rings. The van der Waals surface area contributed by atoms with Crippen LogP contribution in [0.4, 0.5) is 4.39 Å². The number of pyridine rings is 1. The summed E-state index contributed by atoms with van der Waals surface area (Å²) in [5.41, 5.74) is 5.35. The SMILES string of the molecule is CCN1C(=S)N[C@H](c2ccccn2)[C@H]1c1cc(C)n(-c2ccc(F)cc2)c1C. The van der Waals surface area contributed by atoms with Crippen molar-refractivity contribution in [2.24, 2.45) is 0 Å². The van der Waals surface area contributed by atoms with E-state index in [1.54, 1.807) is 0 Å². The van der Waals surface area contributed by atoms with E-state index in [9.17, 15) is 4.39 Å². The zero-order valence-corrected chi connectivity index (χ0v) is 17.0. The summed E-state index contributed by atoms with van der Waals surface area (Å²) < 4.78 is 15.6. The van der Waals surface area contributed by atoms with Gasteiger partial charge in [-0.25, -0.2) is 4.39 Å². The summed E-state index contributed by atoms with van der Waals surface area (Å²) in [7, 11) is 0. The van der Waals surface area contributed by atoms with E-state index in [0.717, 1.165) is 34.4 Å². The zero-order valence-electron chi connectivity index (χ0n) is 16.2. The van der Waals surface area contributed by atoms with Gasteiger partial charge in [0.15, 0.2) is 5.11 Å². The maximum Gasteiger partial charge on any atom is 0.170 e. The van der Waals surface area contributed by atoms with Crippen LogP contribution in [0.2, 0.25) is 0 Å². The number of rotatable bonds is 4. The van der Waals surface area contributed by atoms with Gasteiger partial charge in [0.2, 0.25) is 0 Å². The minimum Gasteiger partial charge on any atom is -0.352 e. The van der Waals surface area contributed by atoms with Crippen LogP contribution in [0.25, 0.3) is 5.69 Å². The largest absolute Gasteiger partial charge is 0.352 e. The van der Waals surface area contributed by atoms with Gasteiger partial charge in [-0.1, -0.05) is 6.07 Å². The molecule has 0 aliphatic carbocycles. The number of aromatic nitrogens is 2. The van der Waals surface area contributed by atoms with Crippen molar-refractivity contribution in [3.8, 4) is 5.69 Å². The van der Waals surface area contributed by atoms with E-state index in [1.807, 2.05) is 36.5 Å². The molecule has 0 spiro atoms. The average molecular weight is 395 g/mol. The van der Waals surface area contributed by atoms with Gasteiger partial charge in [0.05, 0.1) is 17.8 Å². The lowest BCUT2D eigenvalue weighted by atomic mass is 9.97. The van der Waals surface area contributed by atoms with Crippen molar-refractivity contribution in [1.29, 1.82) is 0 Å². The maximum atomic E-state index is 13.4. The molecule has 0 amide bonds. The van der Waals surface area contributed by atoms with E-state index >= 15 is 0 Å². The number of hydrogen-bond donors (Lipinski definition) is 1. The van der Waals surface area contributed by atoms with Crippen molar-refractivity contribution < 1.29 is 4.39 Å². The van der Waals surface area contributed by atoms with Gasteiger partial charge in [0.25, 0.3) is 0 Å². The summed E-state index contributed by atoms with van der Waals surface area (Å²) >= 11 is 5.62. The van der Waals surface area contributed by atoms with Crippen LogP contribution in [0.3, 0.4) is 0 Å². The second-order valence-corrected chi connectivity index (χ2v) is 7.44. The summed E-state index contributed by atoms with van der Waals surface area (Å²) in [6.07, 6.45) is 1.81. The fraction of sp³-hybridized carbons (Fsp3) is 0.273. The molecule has 4 rings (SSSR count). The van der Waals surface area contributed by atoms with Gasteiger partial charge in [0.1, 0.15) is 5.82 Å².